The molecule has 1 aliphatic heterocycles. The molecular weight excluding hydrogens is 230 g/mol. The van der Waals surface area contributed by atoms with Crippen LogP contribution in [0.4, 0.5) is 11.6 Å². The van der Waals surface area contributed by atoms with Crippen molar-refractivity contribution in [2.75, 3.05) is 50.5 Å². The lowest BCUT2D eigenvalue weighted by Crippen LogP contribution is -2.43. The van der Waals surface area contributed by atoms with Crippen LogP contribution in [0, 0.1) is 0 Å². The average Bonchev–Trinajstić information content (AvgIpc) is 2.37. The first-order chi connectivity index (χ1) is 8.78. The fraction of sp³-hybridized carbons (Fsp3) is 0.667. The maximum atomic E-state index is 5.68. The molecule has 0 saturated carbocycles. The molecule has 6 heteroatoms. The van der Waals surface area contributed by atoms with Gasteiger partial charge in [-0.05, 0) is 14.0 Å². The summed E-state index contributed by atoms with van der Waals surface area (Å²) in [6, 6.07) is 1.91. The van der Waals surface area contributed by atoms with E-state index in [4.69, 9.17) is 4.74 Å². The van der Waals surface area contributed by atoms with Crippen molar-refractivity contribution < 1.29 is 4.74 Å². The molecule has 100 valence electrons. The summed E-state index contributed by atoms with van der Waals surface area (Å²) in [6.07, 6.45) is 1.79. The van der Waals surface area contributed by atoms with Gasteiger partial charge in [-0.1, -0.05) is 0 Å². The summed E-state index contributed by atoms with van der Waals surface area (Å²) in [5, 5.41) is 6.45. The van der Waals surface area contributed by atoms with Crippen LogP contribution in [-0.2, 0) is 4.74 Å². The molecule has 2 N–H and O–H groups in total. The minimum atomic E-state index is 0.223. The highest BCUT2D eigenvalue weighted by atomic mass is 16.5. The molecule has 0 radical (unpaired) electrons. The van der Waals surface area contributed by atoms with Gasteiger partial charge < -0.3 is 20.3 Å². The Morgan fingerprint density at radius 1 is 1.39 bits per heavy atom. The van der Waals surface area contributed by atoms with Gasteiger partial charge >= 0.3 is 0 Å². The van der Waals surface area contributed by atoms with Gasteiger partial charge in [-0.15, -0.1) is 0 Å². The van der Waals surface area contributed by atoms with E-state index in [1.165, 1.54) is 0 Å². The van der Waals surface area contributed by atoms with E-state index in [2.05, 4.69) is 32.5 Å². The second-order valence-electron chi connectivity index (χ2n) is 4.45. The van der Waals surface area contributed by atoms with Crippen LogP contribution in [0.1, 0.15) is 6.92 Å². The Morgan fingerprint density at radius 3 is 2.89 bits per heavy atom. The number of rotatable bonds is 5. The Labute approximate surface area is 108 Å². The van der Waals surface area contributed by atoms with Crippen LogP contribution in [0.25, 0.3) is 0 Å². The fourth-order valence-electron chi connectivity index (χ4n) is 1.94. The third kappa shape index (κ3) is 3.82. The minimum Gasteiger partial charge on any atom is -0.374 e. The first-order valence-corrected chi connectivity index (χ1v) is 6.38. The molecule has 18 heavy (non-hydrogen) atoms. The SMILES string of the molecule is CCNc1cc(NCC2CN(C)CCO2)ncn1. The summed E-state index contributed by atoms with van der Waals surface area (Å²) in [7, 11) is 2.11. The molecule has 0 bridgehead atoms. The molecule has 2 heterocycles. The molecule has 1 fully saturated rings. The van der Waals surface area contributed by atoms with E-state index in [-0.39, 0.29) is 6.10 Å². The number of hydrogen-bond donors (Lipinski definition) is 2. The molecular formula is C12H21N5O. The second kappa shape index (κ2) is 6.51. The smallest absolute Gasteiger partial charge is 0.131 e. The van der Waals surface area contributed by atoms with Crippen molar-refractivity contribution >= 4 is 11.6 Å². The van der Waals surface area contributed by atoms with E-state index >= 15 is 0 Å². The van der Waals surface area contributed by atoms with Gasteiger partial charge in [0, 0.05) is 32.2 Å². The van der Waals surface area contributed by atoms with Crippen LogP contribution in [0.3, 0.4) is 0 Å². The van der Waals surface area contributed by atoms with Gasteiger partial charge in [0.25, 0.3) is 0 Å². The number of anilines is 2. The van der Waals surface area contributed by atoms with E-state index < -0.39 is 0 Å². The zero-order valence-electron chi connectivity index (χ0n) is 11.0. The molecule has 1 saturated heterocycles. The summed E-state index contributed by atoms with van der Waals surface area (Å²) in [6.45, 7) is 6.43. The van der Waals surface area contributed by atoms with Crippen molar-refractivity contribution in [2.45, 2.75) is 13.0 Å². The highest BCUT2D eigenvalue weighted by Crippen LogP contribution is 2.09. The van der Waals surface area contributed by atoms with Gasteiger partial charge in [-0.2, -0.15) is 0 Å². The average molecular weight is 251 g/mol. The van der Waals surface area contributed by atoms with Crippen molar-refractivity contribution in [3.05, 3.63) is 12.4 Å². The van der Waals surface area contributed by atoms with Crippen LogP contribution < -0.4 is 10.6 Å². The number of hydrogen-bond acceptors (Lipinski definition) is 6. The second-order valence-corrected chi connectivity index (χ2v) is 4.45. The van der Waals surface area contributed by atoms with Crippen LogP contribution in [-0.4, -0.2) is 60.8 Å². The number of ether oxygens (including phenoxy) is 1. The molecule has 1 aromatic rings. The van der Waals surface area contributed by atoms with Crippen LogP contribution in [0.15, 0.2) is 12.4 Å². The van der Waals surface area contributed by atoms with Gasteiger partial charge in [-0.25, -0.2) is 9.97 Å². The van der Waals surface area contributed by atoms with Gasteiger partial charge in [0.15, 0.2) is 0 Å². The van der Waals surface area contributed by atoms with Crippen LogP contribution >= 0.6 is 0 Å². The number of nitrogens with zero attached hydrogens (tertiary/aromatic N) is 3. The maximum absolute atomic E-state index is 5.68. The number of aromatic nitrogens is 2. The molecule has 6 nitrogen and oxygen atoms in total. The summed E-state index contributed by atoms with van der Waals surface area (Å²) in [5.74, 6) is 1.68. The molecule has 0 spiro atoms. The summed E-state index contributed by atoms with van der Waals surface area (Å²) in [4.78, 5) is 10.6. The predicted octanol–water partition coefficient (Wildman–Crippen LogP) is 0.651. The summed E-state index contributed by atoms with van der Waals surface area (Å²) in [5.41, 5.74) is 0. The number of nitrogens with one attached hydrogen (secondary N) is 2. The maximum Gasteiger partial charge on any atom is 0.131 e. The van der Waals surface area contributed by atoms with Crippen molar-refractivity contribution in [2.24, 2.45) is 0 Å². The Kier molecular flexibility index (Phi) is 4.72. The van der Waals surface area contributed by atoms with Gasteiger partial charge in [0.1, 0.15) is 18.0 Å². The molecule has 1 aliphatic rings. The number of likely N-dealkylation sites (N-methyl/N-ethyl adjacent to an activating group) is 1. The van der Waals surface area contributed by atoms with Crippen LogP contribution in [0.2, 0.25) is 0 Å². The van der Waals surface area contributed by atoms with E-state index in [1.807, 2.05) is 13.0 Å². The quantitative estimate of drug-likeness (QED) is 0.801. The predicted molar refractivity (Wildman–Crippen MR) is 71.9 cm³/mol. The summed E-state index contributed by atoms with van der Waals surface area (Å²) >= 11 is 0. The lowest BCUT2D eigenvalue weighted by molar-refractivity contribution is -0.0117. The fourth-order valence-corrected chi connectivity index (χ4v) is 1.94. The van der Waals surface area contributed by atoms with E-state index in [1.54, 1.807) is 6.33 Å². The zero-order valence-corrected chi connectivity index (χ0v) is 11.0. The molecule has 0 aliphatic carbocycles. The molecule has 0 aromatic carbocycles. The van der Waals surface area contributed by atoms with Gasteiger partial charge in [0.2, 0.25) is 0 Å². The van der Waals surface area contributed by atoms with Gasteiger partial charge in [-0.3, -0.25) is 0 Å². The first-order valence-electron chi connectivity index (χ1n) is 6.38. The van der Waals surface area contributed by atoms with Crippen molar-refractivity contribution in [1.29, 1.82) is 0 Å². The van der Waals surface area contributed by atoms with E-state index in [0.717, 1.165) is 44.4 Å². The standard InChI is InChI=1S/C12H21N5O/c1-3-13-11-6-12(16-9-15-11)14-7-10-8-17(2)4-5-18-10/h6,9-10H,3-5,7-8H2,1-2H3,(H2,13,14,15,16). The highest BCUT2D eigenvalue weighted by molar-refractivity contribution is 5.46. The molecule has 1 unspecified atom stereocenters. The van der Waals surface area contributed by atoms with E-state index in [0.29, 0.717) is 0 Å². The lowest BCUT2D eigenvalue weighted by Gasteiger charge is -2.30. The summed E-state index contributed by atoms with van der Waals surface area (Å²) < 4.78 is 5.68. The zero-order chi connectivity index (χ0) is 12.8. The van der Waals surface area contributed by atoms with Gasteiger partial charge in [0.05, 0.1) is 12.7 Å². The minimum absolute atomic E-state index is 0.223. The lowest BCUT2D eigenvalue weighted by atomic mass is 10.3. The van der Waals surface area contributed by atoms with Crippen molar-refractivity contribution in [3.8, 4) is 0 Å². The third-order valence-corrected chi connectivity index (χ3v) is 2.88. The molecule has 1 atom stereocenters. The Morgan fingerprint density at radius 2 is 2.17 bits per heavy atom. The number of morpholine rings is 1. The Hall–Kier alpha value is -1.40. The monoisotopic (exact) mass is 251 g/mol. The van der Waals surface area contributed by atoms with Crippen molar-refractivity contribution in [1.82, 2.24) is 14.9 Å². The highest BCUT2D eigenvalue weighted by Gasteiger charge is 2.17. The molecule has 2 rings (SSSR count). The first kappa shape index (κ1) is 13.0. The van der Waals surface area contributed by atoms with Crippen LogP contribution in [0.5, 0.6) is 0 Å². The Bertz CT molecular complexity index is 373. The van der Waals surface area contributed by atoms with Crippen molar-refractivity contribution in [3.63, 3.8) is 0 Å². The topological polar surface area (TPSA) is 62.3 Å². The molecule has 1 aromatic heterocycles. The van der Waals surface area contributed by atoms with E-state index in [9.17, 15) is 0 Å². The Balaban J connectivity index is 1.83. The normalized spacial score (nSPS) is 20.7. The third-order valence-electron chi connectivity index (χ3n) is 2.88. The molecule has 0 amide bonds. The largest absolute Gasteiger partial charge is 0.374 e.